The Balaban J connectivity index is 0.00000261. The molecule has 2 aliphatic heterocycles. The first-order valence-corrected chi connectivity index (χ1v) is 9.36. The number of nitrogen functional groups attached to an aromatic ring is 1. The summed E-state index contributed by atoms with van der Waals surface area (Å²) in [6, 6.07) is 1.48. The third kappa shape index (κ3) is 5.31. The number of carbonyl (C=O) groups excluding carboxylic acids is 1. The minimum absolute atomic E-state index is 0. The van der Waals surface area contributed by atoms with Crippen molar-refractivity contribution in [2.75, 3.05) is 51.8 Å². The van der Waals surface area contributed by atoms with Crippen molar-refractivity contribution in [1.29, 1.82) is 0 Å². The van der Waals surface area contributed by atoms with Gasteiger partial charge < -0.3 is 30.0 Å². The number of hydrogen-bond donors (Lipinski definition) is 2. The number of carbonyl (C=O) groups is 1. The lowest BCUT2D eigenvalue weighted by Crippen LogP contribution is -2.36. The molecular formula is C18H26Cl2N2O5. The smallest absolute Gasteiger partial charge is 0.342 e. The number of nitrogens with two attached hydrogens (primary N) is 1. The minimum atomic E-state index is -0.476. The molecule has 0 unspecified atom stereocenters. The number of halogens is 2. The average Bonchev–Trinajstić information content (AvgIpc) is 2.68. The zero-order valence-corrected chi connectivity index (χ0v) is 16.7. The van der Waals surface area contributed by atoms with Crippen LogP contribution in [0, 0.1) is 5.92 Å². The van der Waals surface area contributed by atoms with Crippen LogP contribution in [-0.2, 0) is 4.74 Å². The summed E-state index contributed by atoms with van der Waals surface area (Å²) in [6.07, 6.45) is 2.74. The Morgan fingerprint density at radius 1 is 1.30 bits per heavy atom. The van der Waals surface area contributed by atoms with E-state index in [4.69, 9.17) is 36.7 Å². The topological polar surface area (TPSA) is 94.3 Å². The van der Waals surface area contributed by atoms with E-state index in [2.05, 4.69) is 4.90 Å². The van der Waals surface area contributed by atoms with Gasteiger partial charge in [-0.05, 0) is 44.3 Å². The Labute approximate surface area is 170 Å². The van der Waals surface area contributed by atoms with Crippen molar-refractivity contribution in [1.82, 2.24) is 4.90 Å². The third-order valence-electron chi connectivity index (χ3n) is 4.81. The van der Waals surface area contributed by atoms with E-state index in [1.54, 1.807) is 0 Å². The Bertz CT molecular complexity index is 651. The summed E-state index contributed by atoms with van der Waals surface area (Å²) < 4.78 is 16.6. The van der Waals surface area contributed by atoms with Crippen molar-refractivity contribution in [3.05, 3.63) is 16.7 Å². The highest BCUT2D eigenvalue weighted by molar-refractivity contribution is 6.34. The minimum Gasteiger partial charge on any atom is -0.485 e. The number of rotatable bonds is 6. The molecule has 9 heteroatoms. The first-order valence-electron chi connectivity index (χ1n) is 8.98. The largest absolute Gasteiger partial charge is 0.485 e. The molecule has 3 rings (SSSR count). The van der Waals surface area contributed by atoms with E-state index in [0.29, 0.717) is 37.2 Å². The molecule has 0 bridgehead atoms. The highest BCUT2D eigenvalue weighted by Crippen LogP contribution is 2.43. The molecule has 152 valence electrons. The second-order valence-electron chi connectivity index (χ2n) is 6.64. The third-order valence-corrected chi connectivity index (χ3v) is 5.12. The number of nitrogens with zero attached hydrogens (tertiary/aromatic N) is 1. The quantitative estimate of drug-likeness (QED) is 0.538. The number of aliphatic hydroxyl groups excluding tert-OH is 1. The molecule has 1 saturated heterocycles. The maximum Gasteiger partial charge on any atom is 0.342 e. The zero-order chi connectivity index (χ0) is 18.5. The molecule has 3 N–H and O–H groups in total. The van der Waals surface area contributed by atoms with Gasteiger partial charge in [0.1, 0.15) is 18.8 Å². The SMILES string of the molecule is Cl.Nc1c(Cl)cc(C(=O)OCC2CCN(CCCO)CC2)c2c1OCCO2. The van der Waals surface area contributed by atoms with Crippen LogP contribution in [0.3, 0.4) is 0 Å². The molecule has 0 amide bonds. The zero-order valence-electron chi connectivity index (χ0n) is 15.1. The standard InChI is InChI=1S/C18H25ClN2O5.ClH/c19-14-10-13(16-17(15(14)20)25-9-8-24-16)18(23)26-11-12-2-5-21(6-3-12)4-1-7-22;/h10,12,22H,1-9,11,20H2;1H. The van der Waals surface area contributed by atoms with Crippen LogP contribution in [0.25, 0.3) is 0 Å². The Morgan fingerprint density at radius 2 is 1.96 bits per heavy atom. The highest BCUT2D eigenvalue weighted by Gasteiger charge is 2.27. The van der Waals surface area contributed by atoms with Crippen molar-refractivity contribution >= 4 is 35.7 Å². The second kappa shape index (κ2) is 10.2. The molecule has 0 saturated carbocycles. The van der Waals surface area contributed by atoms with Crippen LogP contribution in [0.2, 0.25) is 5.02 Å². The Morgan fingerprint density at radius 3 is 2.63 bits per heavy atom. The van der Waals surface area contributed by atoms with Gasteiger partial charge in [-0.25, -0.2) is 4.79 Å². The fourth-order valence-corrected chi connectivity index (χ4v) is 3.49. The van der Waals surface area contributed by atoms with Crippen LogP contribution < -0.4 is 15.2 Å². The molecule has 2 heterocycles. The van der Waals surface area contributed by atoms with Gasteiger partial charge in [0.2, 0.25) is 0 Å². The van der Waals surface area contributed by atoms with Crippen molar-refractivity contribution in [3.63, 3.8) is 0 Å². The van der Waals surface area contributed by atoms with Gasteiger partial charge in [-0.2, -0.15) is 0 Å². The molecule has 2 aliphatic rings. The van der Waals surface area contributed by atoms with Crippen molar-refractivity contribution in [2.24, 2.45) is 5.92 Å². The van der Waals surface area contributed by atoms with Crippen molar-refractivity contribution in [3.8, 4) is 11.5 Å². The summed E-state index contributed by atoms with van der Waals surface area (Å²) in [4.78, 5) is 14.9. The first-order chi connectivity index (χ1) is 12.6. The number of likely N-dealkylation sites (tertiary alicyclic amines) is 1. The molecule has 1 aromatic rings. The molecule has 1 fully saturated rings. The van der Waals surface area contributed by atoms with E-state index in [-0.39, 0.29) is 35.3 Å². The number of benzene rings is 1. The van der Waals surface area contributed by atoms with Crippen LogP contribution in [-0.4, -0.2) is 62.0 Å². The molecule has 0 spiro atoms. The lowest BCUT2D eigenvalue weighted by atomic mass is 9.97. The second-order valence-corrected chi connectivity index (χ2v) is 7.04. The summed E-state index contributed by atoms with van der Waals surface area (Å²) in [7, 11) is 0. The predicted octanol–water partition coefficient (Wildman–Crippen LogP) is 2.37. The van der Waals surface area contributed by atoms with E-state index in [1.165, 1.54) is 6.07 Å². The Hall–Kier alpha value is -1.41. The maximum atomic E-state index is 12.5. The van der Waals surface area contributed by atoms with E-state index >= 15 is 0 Å². The predicted molar refractivity (Wildman–Crippen MR) is 105 cm³/mol. The first kappa shape index (κ1) is 21.9. The van der Waals surface area contributed by atoms with Gasteiger partial charge in [0.25, 0.3) is 0 Å². The van der Waals surface area contributed by atoms with Crippen molar-refractivity contribution in [2.45, 2.75) is 19.3 Å². The molecule has 7 nitrogen and oxygen atoms in total. The number of piperidine rings is 1. The normalized spacial score (nSPS) is 17.3. The Kier molecular flexibility index (Phi) is 8.28. The van der Waals surface area contributed by atoms with E-state index in [0.717, 1.165) is 38.9 Å². The van der Waals surface area contributed by atoms with E-state index < -0.39 is 5.97 Å². The fraction of sp³-hybridized carbons (Fsp3) is 0.611. The molecule has 0 aromatic heterocycles. The van der Waals surface area contributed by atoms with Crippen LogP contribution in [0.15, 0.2) is 6.07 Å². The number of hydrogen-bond acceptors (Lipinski definition) is 7. The van der Waals surface area contributed by atoms with E-state index in [9.17, 15) is 4.79 Å². The number of ether oxygens (including phenoxy) is 3. The fourth-order valence-electron chi connectivity index (χ4n) is 3.29. The number of fused-ring (bicyclic) bond motifs is 1. The van der Waals surface area contributed by atoms with Crippen LogP contribution in [0.5, 0.6) is 11.5 Å². The van der Waals surface area contributed by atoms with Gasteiger partial charge >= 0.3 is 5.97 Å². The monoisotopic (exact) mass is 420 g/mol. The molecule has 0 radical (unpaired) electrons. The van der Waals surface area contributed by atoms with Crippen molar-refractivity contribution < 1.29 is 24.1 Å². The van der Waals surface area contributed by atoms with Gasteiger partial charge in [0.05, 0.1) is 17.3 Å². The number of aliphatic hydroxyl groups is 1. The average molecular weight is 421 g/mol. The van der Waals surface area contributed by atoms with Gasteiger partial charge in [0, 0.05) is 13.2 Å². The molecule has 0 aliphatic carbocycles. The molecule has 1 aromatic carbocycles. The highest BCUT2D eigenvalue weighted by atomic mass is 35.5. The summed E-state index contributed by atoms with van der Waals surface area (Å²) in [5.41, 5.74) is 6.42. The van der Waals surface area contributed by atoms with Crippen LogP contribution in [0.1, 0.15) is 29.6 Å². The number of esters is 1. The van der Waals surface area contributed by atoms with Gasteiger partial charge in [-0.3, -0.25) is 0 Å². The lowest BCUT2D eigenvalue weighted by molar-refractivity contribution is 0.0361. The molecule has 27 heavy (non-hydrogen) atoms. The van der Waals surface area contributed by atoms with E-state index in [1.807, 2.05) is 0 Å². The maximum absolute atomic E-state index is 12.5. The summed E-state index contributed by atoms with van der Waals surface area (Å²) in [6.45, 7) is 4.13. The van der Waals surface area contributed by atoms with Gasteiger partial charge in [0.15, 0.2) is 11.5 Å². The molecule has 0 atom stereocenters. The number of anilines is 1. The van der Waals surface area contributed by atoms with Gasteiger partial charge in [-0.15, -0.1) is 12.4 Å². The molecular weight excluding hydrogens is 395 g/mol. The lowest BCUT2D eigenvalue weighted by Gasteiger charge is -2.31. The van der Waals surface area contributed by atoms with Crippen LogP contribution >= 0.6 is 24.0 Å². The van der Waals surface area contributed by atoms with Crippen LogP contribution in [0.4, 0.5) is 5.69 Å². The summed E-state index contributed by atoms with van der Waals surface area (Å²) in [5, 5.41) is 9.15. The summed E-state index contributed by atoms with van der Waals surface area (Å²) in [5.74, 6) is 0.479. The summed E-state index contributed by atoms with van der Waals surface area (Å²) >= 11 is 6.11. The van der Waals surface area contributed by atoms with Gasteiger partial charge in [-0.1, -0.05) is 11.6 Å².